The summed E-state index contributed by atoms with van der Waals surface area (Å²) in [6.07, 6.45) is 7.85. The highest BCUT2D eigenvalue weighted by molar-refractivity contribution is 7.80. The highest BCUT2D eigenvalue weighted by atomic mass is 35.5. The number of ether oxygens (including phenoxy) is 2. The zero-order chi connectivity index (χ0) is 23.2. The molecule has 0 unspecified atom stereocenters. The molecule has 0 saturated heterocycles. The molecule has 4 rings (SSSR count). The molecule has 0 atom stereocenters. The number of halogens is 1. The predicted molar refractivity (Wildman–Crippen MR) is 140 cm³/mol. The molecule has 0 bridgehead atoms. The summed E-state index contributed by atoms with van der Waals surface area (Å²) in [5.41, 5.74) is 0.770. The molecule has 2 aromatic carbocycles. The average molecular weight is 503 g/mol. The largest absolute Gasteiger partial charge is 0.497 e. The van der Waals surface area contributed by atoms with Crippen LogP contribution in [0.4, 0.5) is 5.69 Å². The van der Waals surface area contributed by atoms with Crippen LogP contribution in [0.1, 0.15) is 48.2 Å². The van der Waals surface area contributed by atoms with Crippen molar-refractivity contribution in [2.75, 3.05) is 19.0 Å². The van der Waals surface area contributed by atoms with Gasteiger partial charge in [0, 0.05) is 15.8 Å². The van der Waals surface area contributed by atoms with E-state index in [1.165, 1.54) is 43.4 Å². The second kappa shape index (κ2) is 11.2. The van der Waals surface area contributed by atoms with Crippen molar-refractivity contribution in [1.29, 1.82) is 0 Å². The summed E-state index contributed by atoms with van der Waals surface area (Å²) in [5, 5.41) is 7.17. The van der Waals surface area contributed by atoms with Gasteiger partial charge < -0.3 is 14.8 Å². The van der Waals surface area contributed by atoms with E-state index < -0.39 is 0 Å². The lowest BCUT2D eigenvalue weighted by atomic mass is 9.87. The molecule has 174 valence electrons. The fourth-order valence-electron chi connectivity index (χ4n) is 4.09. The summed E-state index contributed by atoms with van der Waals surface area (Å²) >= 11 is 13.1. The number of carbonyl (C=O) groups is 1. The molecule has 33 heavy (non-hydrogen) atoms. The Hall–Kier alpha value is -2.35. The van der Waals surface area contributed by atoms with Gasteiger partial charge in [0.25, 0.3) is 5.91 Å². The Morgan fingerprint density at radius 1 is 1.12 bits per heavy atom. The number of thiophene rings is 1. The zero-order valence-corrected chi connectivity index (χ0v) is 20.9. The molecular weight excluding hydrogens is 476 g/mol. The number of nitrogens with one attached hydrogen (secondary N) is 2. The van der Waals surface area contributed by atoms with Gasteiger partial charge in [-0.2, -0.15) is 0 Å². The lowest BCUT2D eigenvalue weighted by Gasteiger charge is -2.21. The van der Waals surface area contributed by atoms with E-state index in [-0.39, 0.29) is 11.0 Å². The third-order valence-electron chi connectivity index (χ3n) is 5.90. The molecule has 1 aromatic heterocycles. The molecular formula is C25H27ClN2O3S2. The Balaban J connectivity index is 1.29. The standard InChI is InChI=1S/C25H27ClN2O3S2/c1-30-19-11-12-20-21(15-19)33-23(22(20)26)24(29)28-25(32)27-17-7-9-18(10-8-17)31-14-13-16-5-3-2-4-6-16/h7-12,15-16H,2-6,13-14H2,1H3,(H2,27,28,29,32). The lowest BCUT2D eigenvalue weighted by molar-refractivity contribution is 0.0982. The number of hydrogen-bond acceptors (Lipinski definition) is 5. The molecule has 1 heterocycles. The number of fused-ring (bicyclic) bond motifs is 1. The van der Waals surface area contributed by atoms with Gasteiger partial charge in [-0.05, 0) is 67.0 Å². The van der Waals surface area contributed by atoms with E-state index in [0.717, 1.165) is 40.5 Å². The quantitative estimate of drug-likeness (QED) is 0.339. The second-order valence-electron chi connectivity index (χ2n) is 8.18. The van der Waals surface area contributed by atoms with E-state index >= 15 is 0 Å². The highest BCUT2D eigenvalue weighted by Crippen LogP contribution is 2.37. The van der Waals surface area contributed by atoms with E-state index in [0.29, 0.717) is 15.6 Å². The first-order valence-electron chi connectivity index (χ1n) is 11.1. The Kier molecular flexibility index (Phi) is 8.06. The van der Waals surface area contributed by atoms with Crippen molar-refractivity contribution < 1.29 is 14.3 Å². The molecule has 1 amide bonds. The first kappa shape index (κ1) is 23.8. The van der Waals surface area contributed by atoms with Gasteiger partial charge in [-0.1, -0.05) is 43.7 Å². The first-order chi connectivity index (χ1) is 16.0. The fraction of sp³-hybridized carbons (Fsp3) is 0.360. The van der Waals surface area contributed by atoms with Crippen LogP contribution in [0.2, 0.25) is 5.02 Å². The van der Waals surface area contributed by atoms with E-state index in [2.05, 4.69) is 10.6 Å². The molecule has 1 aliphatic carbocycles. The van der Waals surface area contributed by atoms with Gasteiger partial charge in [0.1, 0.15) is 16.4 Å². The van der Waals surface area contributed by atoms with Crippen LogP contribution in [0, 0.1) is 5.92 Å². The van der Waals surface area contributed by atoms with Gasteiger partial charge in [-0.3, -0.25) is 10.1 Å². The van der Waals surface area contributed by atoms with Gasteiger partial charge in [0.15, 0.2) is 5.11 Å². The van der Waals surface area contributed by atoms with Crippen molar-refractivity contribution in [1.82, 2.24) is 5.32 Å². The van der Waals surface area contributed by atoms with Crippen LogP contribution in [0.15, 0.2) is 42.5 Å². The number of amides is 1. The normalized spacial score (nSPS) is 14.1. The van der Waals surface area contributed by atoms with Crippen molar-refractivity contribution in [3.63, 3.8) is 0 Å². The summed E-state index contributed by atoms with van der Waals surface area (Å²) in [6.45, 7) is 0.744. The number of benzene rings is 2. The maximum Gasteiger partial charge on any atom is 0.269 e. The van der Waals surface area contributed by atoms with Gasteiger partial charge >= 0.3 is 0 Å². The molecule has 0 aliphatic heterocycles. The summed E-state index contributed by atoms with van der Waals surface area (Å²) in [7, 11) is 1.60. The van der Waals surface area contributed by atoms with E-state index in [1.54, 1.807) is 7.11 Å². The lowest BCUT2D eigenvalue weighted by Crippen LogP contribution is -2.33. The SMILES string of the molecule is COc1ccc2c(Cl)c(C(=O)NC(=S)Nc3ccc(OCCC4CCCCC4)cc3)sc2c1. The Labute approximate surface area is 208 Å². The first-order valence-corrected chi connectivity index (χ1v) is 12.7. The van der Waals surface area contributed by atoms with Crippen LogP contribution < -0.4 is 20.1 Å². The van der Waals surface area contributed by atoms with E-state index in [9.17, 15) is 4.79 Å². The third kappa shape index (κ3) is 6.16. The smallest absolute Gasteiger partial charge is 0.269 e. The minimum Gasteiger partial charge on any atom is -0.497 e. The highest BCUT2D eigenvalue weighted by Gasteiger charge is 2.18. The van der Waals surface area contributed by atoms with Crippen molar-refractivity contribution in [3.05, 3.63) is 52.4 Å². The van der Waals surface area contributed by atoms with Crippen LogP contribution in [0.5, 0.6) is 11.5 Å². The van der Waals surface area contributed by atoms with Crippen molar-refractivity contribution in [3.8, 4) is 11.5 Å². The Bertz CT molecular complexity index is 1120. The van der Waals surface area contributed by atoms with E-state index in [1.807, 2.05) is 42.5 Å². The molecule has 0 radical (unpaired) electrons. The van der Waals surface area contributed by atoms with Crippen molar-refractivity contribution >= 4 is 61.9 Å². The average Bonchev–Trinajstić information content (AvgIpc) is 3.16. The van der Waals surface area contributed by atoms with E-state index in [4.69, 9.17) is 33.3 Å². The maximum absolute atomic E-state index is 12.7. The molecule has 8 heteroatoms. The number of hydrogen-bond donors (Lipinski definition) is 2. The van der Waals surface area contributed by atoms with Crippen molar-refractivity contribution in [2.24, 2.45) is 5.92 Å². The van der Waals surface area contributed by atoms with Gasteiger partial charge in [0.2, 0.25) is 0 Å². The monoisotopic (exact) mass is 502 g/mol. The Morgan fingerprint density at radius 3 is 2.58 bits per heavy atom. The Morgan fingerprint density at radius 2 is 1.85 bits per heavy atom. The molecule has 1 aliphatic rings. The number of rotatable bonds is 7. The minimum atomic E-state index is -0.347. The molecule has 1 saturated carbocycles. The summed E-state index contributed by atoms with van der Waals surface area (Å²) in [5.74, 6) is 2.00. The molecule has 1 fully saturated rings. The molecule has 2 N–H and O–H groups in total. The van der Waals surface area contributed by atoms with Gasteiger partial charge in [0.05, 0.1) is 18.7 Å². The number of carbonyl (C=O) groups excluding carboxylic acids is 1. The summed E-state index contributed by atoms with van der Waals surface area (Å²) in [4.78, 5) is 13.1. The second-order valence-corrected chi connectivity index (χ2v) is 10.0. The topological polar surface area (TPSA) is 59.6 Å². The van der Waals surface area contributed by atoms with Crippen LogP contribution in [0.3, 0.4) is 0 Å². The molecule has 5 nitrogen and oxygen atoms in total. The number of thiocarbonyl (C=S) groups is 1. The third-order valence-corrected chi connectivity index (χ3v) is 7.76. The van der Waals surface area contributed by atoms with Crippen LogP contribution in [0.25, 0.3) is 10.1 Å². The van der Waals surface area contributed by atoms with Gasteiger partial charge in [-0.15, -0.1) is 11.3 Å². The number of anilines is 1. The fourth-order valence-corrected chi connectivity index (χ4v) is 5.75. The zero-order valence-electron chi connectivity index (χ0n) is 18.5. The molecule has 0 spiro atoms. The van der Waals surface area contributed by atoms with Crippen LogP contribution >= 0.6 is 35.2 Å². The summed E-state index contributed by atoms with van der Waals surface area (Å²) < 4.78 is 12.0. The van der Waals surface area contributed by atoms with Crippen molar-refractivity contribution in [2.45, 2.75) is 38.5 Å². The number of methoxy groups -OCH3 is 1. The van der Waals surface area contributed by atoms with Crippen LogP contribution in [-0.2, 0) is 0 Å². The predicted octanol–water partition coefficient (Wildman–Crippen LogP) is 7.04. The minimum absolute atomic E-state index is 0.206. The molecule has 3 aromatic rings. The maximum atomic E-state index is 12.7. The van der Waals surface area contributed by atoms with Crippen LogP contribution in [-0.4, -0.2) is 24.7 Å². The summed E-state index contributed by atoms with van der Waals surface area (Å²) in [6, 6.07) is 13.1. The van der Waals surface area contributed by atoms with Gasteiger partial charge in [-0.25, -0.2) is 0 Å².